The van der Waals surface area contributed by atoms with Gasteiger partial charge >= 0.3 is 0 Å². The molecule has 0 saturated carbocycles. The quantitative estimate of drug-likeness (QED) is 0.870. The fourth-order valence-corrected chi connectivity index (χ4v) is 4.14. The molecule has 8 heteroatoms. The van der Waals surface area contributed by atoms with Crippen molar-refractivity contribution in [1.82, 2.24) is 19.2 Å². The van der Waals surface area contributed by atoms with E-state index >= 15 is 0 Å². The number of hydrogen-bond donors (Lipinski definition) is 1. The number of sulfonamides is 1. The molecule has 1 aliphatic rings. The molecule has 1 atom stereocenters. The molecule has 1 N–H and O–H groups in total. The van der Waals surface area contributed by atoms with Crippen LogP contribution in [0.2, 0.25) is 0 Å². The number of nitrogens with one attached hydrogen (secondary N) is 1. The molecule has 24 heavy (non-hydrogen) atoms. The molecule has 1 aliphatic heterocycles. The predicted octanol–water partition coefficient (Wildman–Crippen LogP) is 0.912. The minimum Gasteiger partial charge on any atom is -0.351 e. The number of amides is 1. The summed E-state index contributed by atoms with van der Waals surface area (Å²) in [5, 5.41) is 2.87. The van der Waals surface area contributed by atoms with Gasteiger partial charge in [-0.25, -0.2) is 13.4 Å². The third-order valence-electron chi connectivity index (χ3n) is 4.16. The second-order valence-electron chi connectivity index (χ2n) is 5.85. The summed E-state index contributed by atoms with van der Waals surface area (Å²) in [6, 6.07) is 7.09. The highest BCUT2D eigenvalue weighted by atomic mass is 32.2. The summed E-state index contributed by atoms with van der Waals surface area (Å²) in [6.07, 6.45) is 7.63. The number of para-hydroxylation sites is 1. The lowest BCUT2D eigenvalue weighted by Gasteiger charge is -2.21. The summed E-state index contributed by atoms with van der Waals surface area (Å²) in [5.41, 5.74) is 1.87. The Morgan fingerprint density at radius 2 is 2.17 bits per heavy atom. The van der Waals surface area contributed by atoms with E-state index in [1.165, 1.54) is 4.31 Å². The summed E-state index contributed by atoms with van der Waals surface area (Å²) in [4.78, 5) is 16.5. The largest absolute Gasteiger partial charge is 0.351 e. The standard InChI is InChI=1S/C16H20N4O3S/c1-24(22,23)20-9-4-7-15(20)16(21)18-11-13-5-2-3-6-14(13)19-10-8-17-12-19/h2-3,5-6,8,10,12,15H,4,7,9,11H2,1H3,(H,18,21). The molecule has 0 radical (unpaired) electrons. The minimum atomic E-state index is -3.36. The molecule has 1 fully saturated rings. The van der Waals surface area contributed by atoms with Gasteiger partial charge in [0.1, 0.15) is 6.04 Å². The first-order valence-corrected chi connectivity index (χ1v) is 9.62. The van der Waals surface area contributed by atoms with E-state index in [0.29, 0.717) is 25.9 Å². The molecule has 128 valence electrons. The van der Waals surface area contributed by atoms with Crippen LogP contribution in [-0.2, 0) is 21.4 Å². The van der Waals surface area contributed by atoms with E-state index in [4.69, 9.17) is 0 Å². The lowest BCUT2D eigenvalue weighted by Crippen LogP contribution is -2.45. The first-order valence-electron chi connectivity index (χ1n) is 7.77. The zero-order valence-corrected chi connectivity index (χ0v) is 14.2. The zero-order valence-electron chi connectivity index (χ0n) is 13.4. The Morgan fingerprint density at radius 3 is 2.88 bits per heavy atom. The molecular weight excluding hydrogens is 328 g/mol. The van der Waals surface area contributed by atoms with Gasteiger partial charge in [-0.1, -0.05) is 18.2 Å². The van der Waals surface area contributed by atoms with Crippen LogP contribution < -0.4 is 5.32 Å². The van der Waals surface area contributed by atoms with Gasteiger partial charge < -0.3 is 9.88 Å². The number of nitrogens with zero attached hydrogens (tertiary/aromatic N) is 3. The Morgan fingerprint density at radius 1 is 1.38 bits per heavy atom. The molecule has 1 saturated heterocycles. The van der Waals surface area contributed by atoms with Gasteiger partial charge in [0.05, 0.1) is 18.3 Å². The van der Waals surface area contributed by atoms with Crippen LogP contribution in [-0.4, -0.2) is 47.0 Å². The van der Waals surface area contributed by atoms with Crippen molar-refractivity contribution >= 4 is 15.9 Å². The summed E-state index contributed by atoms with van der Waals surface area (Å²) in [7, 11) is -3.36. The topological polar surface area (TPSA) is 84.3 Å². The third kappa shape index (κ3) is 3.49. The fraction of sp³-hybridized carbons (Fsp3) is 0.375. The van der Waals surface area contributed by atoms with Gasteiger partial charge in [-0.3, -0.25) is 4.79 Å². The number of rotatable bonds is 5. The van der Waals surface area contributed by atoms with E-state index in [-0.39, 0.29) is 5.91 Å². The molecule has 0 spiro atoms. The summed E-state index contributed by atoms with van der Waals surface area (Å²) in [6.45, 7) is 0.740. The van der Waals surface area contributed by atoms with E-state index in [0.717, 1.165) is 17.5 Å². The number of aromatic nitrogens is 2. The summed E-state index contributed by atoms with van der Waals surface area (Å²) < 4.78 is 26.7. The van der Waals surface area contributed by atoms with Crippen LogP contribution in [0.5, 0.6) is 0 Å². The maximum atomic E-state index is 12.4. The normalized spacial score (nSPS) is 18.6. The fourth-order valence-electron chi connectivity index (χ4n) is 3.01. The Balaban J connectivity index is 1.72. The van der Waals surface area contributed by atoms with Crippen molar-refractivity contribution in [2.75, 3.05) is 12.8 Å². The minimum absolute atomic E-state index is 0.252. The van der Waals surface area contributed by atoms with E-state index in [9.17, 15) is 13.2 Å². The lowest BCUT2D eigenvalue weighted by molar-refractivity contribution is -0.124. The van der Waals surface area contributed by atoms with Gasteiger partial charge in [0.15, 0.2) is 0 Å². The average Bonchev–Trinajstić information content (AvgIpc) is 3.23. The van der Waals surface area contributed by atoms with Gasteiger partial charge in [-0.2, -0.15) is 4.31 Å². The highest BCUT2D eigenvalue weighted by Crippen LogP contribution is 2.21. The van der Waals surface area contributed by atoms with E-state index in [2.05, 4.69) is 10.3 Å². The zero-order chi connectivity index (χ0) is 17.2. The SMILES string of the molecule is CS(=O)(=O)N1CCCC1C(=O)NCc1ccccc1-n1ccnc1. The molecule has 7 nitrogen and oxygen atoms in total. The molecule has 2 heterocycles. The molecule has 0 aliphatic carbocycles. The van der Waals surface area contributed by atoms with Crippen molar-refractivity contribution in [2.45, 2.75) is 25.4 Å². The van der Waals surface area contributed by atoms with Crippen LogP contribution in [0.3, 0.4) is 0 Å². The van der Waals surface area contributed by atoms with Gasteiger partial charge in [-0.15, -0.1) is 0 Å². The van der Waals surface area contributed by atoms with Crippen molar-refractivity contribution in [3.63, 3.8) is 0 Å². The number of carbonyl (C=O) groups is 1. The van der Waals surface area contributed by atoms with E-state index in [1.807, 2.05) is 35.0 Å². The second-order valence-corrected chi connectivity index (χ2v) is 7.78. The van der Waals surface area contributed by atoms with Gasteiger partial charge in [0, 0.05) is 25.5 Å². The Kier molecular flexibility index (Phi) is 4.68. The number of carbonyl (C=O) groups excluding carboxylic acids is 1. The number of hydrogen-bond acceptors (Lipinski definition) is 4. The molecule has 3 rings (SSSR count). The molecule has 0 bridgehead atoms. The number of benzene rings is 1. The third-order valence-corrected chi connectivity index (χ3v) is 5.45. The van der Waals surface area contributed by atoms with Crippen LogP contribution in [0, 0.1) is 0 Å². The summed E-state index contributed by atoms with van der Waals surface area (Å²) in [5.74, 6) is -0.252. The van der Waals surface area contributed by atoms with Gasteiger partial charge in [0.25, 0.3) is 0 Å². The van der Waals surface area contributed by atoms with Crippen molar-refractivity contribution < 1.29 is 13.2 Å². The first kappa shape index (κ1) is 16.7. The van der Waals surface area contributed by atoms with Crippen LogP contribution in [0.4, 0.5) is 0 Å². The Labute approximate surface area is 141 Å². The molecular formula is C16H20N4O3S. The van der Waals surface area contributed by atoms with Crippen molar-refractivity contribution in [3.8, 4) is 5.69 Å². The van der Waals surface area contributed by atoms with E-state index < -0.39 is 16.1 Å². The molecule has 1 unspecified atom stereocenters. The maximum Gasteiger partial charge on any atom is 0.238 e. The van der Waals surface area contributed by atoms with Crippen LogP contribution in [0.25, 0.3) is 5.69 Å². The molecule has 2 aromatic rings. The second kappa shape index (κ2) is 6.74. The van der Waals surface area contributed by atoms with E-state index in [1.54, 1.807) is 12.5 Å². The van der Waals surface area contributed by atoms with Gasteiger partial charge in [-0.05, 0) is 24.5 Å². The Hall–Kier alpha value is -2.19. The van der Waals surface area contributed by atoms with Crippen LogP contribution in [0.15, 0.2) is 43.0 Å². The first-order chi connectivity index (χ1) is 11.5. The molecule has 1 aromatic heterocycles. The Bertz CT molecular complexity index is 818. The van der Waals surface area contributed by atoms with Crippen LogP contribution in [0.1, 0.15) is 18.4 Å². The highest BCUT2D eigenvalue weighted by molar-refractivity contribution is 7.88. The molecule has 1 aromatic carbocycles. The van der Waals surface area contributed by atoms with Crippen molar-refractivity contribution in [3.05, 3.63) is 48.5 Å². The highest BCUT2D eigenvalue weighted by Gasteiger charge is 2.36. The monoisotopic (exact) mass is 348 g/mol. The summed E-state index contributed by atoms with van der Waals surface area (Å²) >= 11 is 0. The lowest BCUT2D eigenvalue weighted by atomic mass is 10.1. The van der Waals surface area contributed by atoms with Crippen LogP contribution >= 0.6 is 0 Å². The number of imidazole rings is 1. The van der Waals surface area contributed by atoms with Gasteiger partial charge in [0.2, 0.25) is 15.9 Å². The van der Waals surface area contributed by atoms with Crippen molar-refractivity contribution in [1.29, 1.82) is 0 Å². The smallest absolute Gasteiger partial charge is 0.238 e. The van der Waals surface area contributed by atoms with Crippen molar-refractivity contribution in [2.24, 2.45) is 0 Å². The maximum absolute atomic E-state index is 12.4. The average molecular weight is 348 g/mol. The predicted molar refractivity (Wildman–Crippen MR) is 90.0 cm³/mol. The molecule has 1 amide bonds.